The number of hydrogen-bond donors (Lipinski definition) is 2. The summed E-state index contributed by atoms with van der Waals surface area (Å²) in [6.45, 7) is 2.94. The number of nitrogens with two attached hydrogens (primary N) is 1. The quantitative estimate of drug-likeness (QED) is 0.586. The minimum Gasteiger partial charge on any atom is -0.330 e. The summed E-state index contributed by atoms with van der Waals surface area (Å²) in [4.78, 5) is 0. The van der Waals surface area contributed by atoms with Crippen molar-refractivity contribution < 1.29 is 12.9 Å². The monoisotopic (exact) mass is 181 g/mol. The molecule has 0 fully saturated rings. The first-order valence-electron chi connectivity index (χ1n) is 3.61. The van der Waals surface area contributed by atoms with Gasteiger partial charge >= 0.3 is 11.4 Å². The van der Waals surface area contributed by atoms with Gasteiger partial charge in [-0.3, -0.25) is 8.74 Å². The third kappa shape index (κ3) is 7.93. The molecule has 3 N–H and O–H groups in total. The highest BCUT2D eigenvalue weighted by Crippen LogP contribution is 2.04. The predicted octanol–water partition coefficient (Wildman–Crippen LogP) is 0.515. The summed E-state index contributed by atoms with van der Waals surface area (Å²) < 4.78 is 22.8. The van der Waals surface area contributed by atoms with Gasteiger partial charge in [0.25, 0.3) is 0 Å². The summed E-state index contributed by atoms with van der Waals surface area (Å²) in [6.07, 6.45) is 1.87. The highest BCUT2D eigenvalue weighted by molar-refractivity contribution is 7.74. The van der Waals surface area contributed by atoms with Gasteiger partial charge in [-0.05, 0) is 25.3 Å². The van der Waals surface area contributed by atoms with Crippen molar-refractivity contribution in [1.82, 2.24) is 0 Å². The second-order valence-corrected chi connectivity index (χ2v) is 3.21. The van der Waals surface area contributed by atoms with Crippen LogP contribution < -0.4 is 5.73 Å². The van der Waals surface area contributed by atoms with Gasteiger partial charge in [-0.2, -0.15) is 4.21 Å². The molecule has 0 aliphatic heterocycles. The Labute approximate surface area is 69.6 Å². The van der Waals surface area contributed by atoms with Crippen molar-refractivity contribution in [1.29, 1.82) is 0 Å². The molecule has 2 atom stereocenters. The third-order valence-electron chi connectivity index (χ3n) is 1.35. The molecule has 5 heteroatoms. The van der Waals surface area contributed by atoms with E-state index in [1.165, 1.54) is 0 Å². The molecule has 0 aliphatic carbocycles. The predicted molar refractivity (Wildman–Crippen MR) is 44.2 cm³/mol. The first-order valence-corrected chi connectivity index (χ1v) is 4.64. The third-order valence-corrected chi connectivity index (χ3v) is 1.69. The maximum Gasteiger partial charge on any atom is 0.301 e. The molecule has 68 valence electrons. The summed E-state index contributed by atoms with van der Waals surface area (Å²) in [5.74, 6) is 0.301. The van der Waals surface area contributed by atoms with Gasteiger partial charge in [-0.1, -0.05) is 6.92 Å². The molecule has 0 saturated carbocycles. The number of hydrogen-bond acceptors (Lipinski definition) is 3. The molecule has 0 aromatic rings. The lowest BCUT2D eigenvalue weighted by molar-refractivity contribution is 0.249. The standard InChI is InChI=1S/C6H15NO3S/c1-6(3-2-4-7)5-10-11(8)9/h6H,2-5,7H2,1H3,(H,8,9). The molecule has 0 heterocycles. The lowest BCUT2D eigenvalue weighted by atomic mass is 10.1. The van der Waals surface area contributed by atoms with Crippen LogP contribution in [0, 0.1) is 5.92 Å². The van der Waals surface area contributed by atoms with Crippen LogP contribution >= 0.6 is 0 Å². The van der Waals surface area contributed by atoms with Gasteiger partial charge < -0.3 is 5.73 Å². The maximum atomic E-state index is 10.0. The van der Waals surface area contributed by atoms with Crippen molar-refractivity contribution >= 4 is 11.4 Å². The first-order chi connectivity index (χ1) is 5.16. The van der Waals surface area contributed by atoms with Crippen LogP contribution in [-0.4, -0.2) is 21.9 Å². The molecule has 0 aliphatic rings. The van der Waals surface area contributed by atoms with E-state index in [-0.39, 0.29) is 0 Å². The van der Waals surface area contributed by atoms with Gasteiger partial charge in [0.15, 0.2) is 0 Å². The van der Waals surface area contributed by atoms with Crippen molar-refractivity contribution in [2.75, 3.05) is 13.2 Å². The highest BCUT2D eigenvalue weighted by atomic mass is 32.2. The highest BCUT2D eigenvalue weighted by Gasteiger charge is 2.03. The Hall–Kier alpha value is 0.0300. The van der Waals surface area contributed by atoms with E-state index < -0.39 is 11.4 Å². The van der Waals surface area contributed by atoms with Gasteiger partial charge in [-0.15, -0.1) is 0 Å². The van der Waals surface area contributed by atoms with Gasteiger partial charge in [0.1, 0.15) is 0 Å². The summed E-state index contributed by atoms with van der Waals surface area (Å²) in [5.41, 5.74) is 5.28. The molecule has 4 nitrogen and oxygen atoms in total. The van der Waals surface area contributed by atoms with Crippen molar-refractivity contribution in [2.24, 2.45) is 11.7 Å². The molecule has 0 bridgehead atoms. The zero-order valence-electron chi connectivity index (χ0n) is 6.66. The van der Waals surface area contributed by atoms with E-state index in [0.717, 1.165) is 12.8 Å². The summed E-state index contributed by atoms with van der Waals surface area (Å²) in [5, 5.41) is 0. The Balaban J connectivity index is 3.22. The van der Waals surface area contributed by atoms with Gasteiger partial charge in [0.2, 0.25) is 0 Å². The topological polar surface area (TPSA) is 72.5 Å². The fourth-order valence-electron chi connectivity index (χ4n) is 0.724. The van der Waals surface area contributed by atoms with Gasteiger partial charge in [-0.25, -0.2) is 0 Å². The van der Waals surface area contributed by atoms with Crippen LogP contribution in [0.5, 0.6) is 0 Å². The summed E-state index contributed by atoms with van der Waals surface area (Å²) in [7, 11) is 0. The Morgan fingerprint density at radius 3 is 2.82 bits per heavy atom. The van der Waals surface area contributed by atoms with Crippen molar-refractivity contribution in [2.45, 2.75) is 19.8 Å². The fraction of sp³-hybridized carbons (Fsp3) is 1.00. The molecular weight excluding hydrogens is 166 g/mol. The zero-order chi connectivity index (χ0) is 8.69. The fourth-order valence-corrected chi connectivity index (χ4v) is 1.07. The van der Waals surface area contributed by atoms with E-state index in [0.29, 0.717) is 19.1 Å². The van der Waals surface area contributed by atoms with E-state index in [9.17, 15) is 4.21 Å². The number of rotatable bonds is 6. The van der Waals surface area contributed by atoms with E-state index in [2.05, 4.69) is 4.18 Å². The molecular formula is C6H15NO3S. The average molecular weight is 181 g/mol. The van der Waals surface area contributed by atoms with Crippen LogP contribution in [0.4, 0.5) is 0 Å². The van der Waals surface area contributed by atoms with Crippen LogP contribution in [0.3, 0.4) is 0 Å². The van der Waals surface area contributed by atoms with Gasteiger partial charge in [0.05, 0.1) is 6.61 Å². The van der Waals surface area contributed by atoms with Crippen molar-refractivity contribution in [3.05, 3.63) is 0 Å². The summed E-state index contributed by atoms with van der Waals surface area (Å²) >= 11 is -2.12. The van der Waals surface area contributed by atoms with Crippen molar-refractivity contribution in [3.8, 4) is 0 Å². The second kappa shape index (κ2) is 6.72. The first kappa shape index (κ1) is 11.0. The van der Waals surface area contributed by atoms with Crippen LogP contribution in [0.15, 0.2) is 0 Å². The smallest absolute Gasteiger partial charge is 0.301 e. The average Bonchev–Trinajstić information content (AvgIpc) is 1.97. The molecule has 11 heavy (non-hydrogen) atoms. The minimum absolute atomic E-state index is 0.301. The molecule has 0 radical (unpaired) electrons. The Kier molecular flexibility index (Phi) is 6.74. The van der Waals surface area contributed by atoms with Crippen molar-refractivity contribution in [3.63, 3.8) is 0 Å². The second-order valence-electron chi connectivity index (χ2n) is 2.54. The molecule has 2 unspecified atom stereocenters. The lowest BCUT2D eigenvalue weighted by Gasteiger charge is -2.07. The molecule has 0 saturated heterocycles. The van der Waals surface area contributed by atoms with E-state index >= 15 is 0 Å². The largest absolute Gasteiger partial charge is 0.330 e. The summed E-state index contributed by atoms with van der Waals surface area (Å²) in [6, 6.07) is 0. The molecule has 0 rings (SSSR count). The van der Waals surface area contributed by atoms with Crippen LogP contribution in [0.2, 0.25) is 0 Å². The Morgan fingerprint density at radius 1 is 1.73 bits per heavy atom. The minimum atomic E-state index is -2.12. The van der Waals surface area contributed by atoms with Crippen LogP contribution in [-0.2, 0) is 15.5 Å². The molecule has 0 aromatic heterocycles. The molecule has 0 spiro atoms. The normalized spacial score (nSPS) is 16.3. The van der Waals surface area contributed by atoms with Crippen LogP contribution in [0.1, 0.15) is 19.8 Å². The van der Waals surface area contributed by atoms with E-state index in [1.54, 1.807) is 0 Å². The van der Waals surface area contributed by atoms with E-state index in [4.69, 9.17) is 10.3 Å². The lowest BCUT2D eigenvalue weighted by Crippen LogP contribution is -2.09. The Bertz CT molecular complexity index is 120. The SMILES string of the molecule is CC(CCCN)COS(=O)O. The van der Waals surface area contributed by atoms with E-state index in [1.807, 2.05) is 6.92 Å². The van der Waals surface area contributed by atoms with Gasteiger partial charge in [0, 0.05) is 0 Å². The Morgan fingerprint density at radius 2 is 2.36 bits per heavy atom. The maximum absolute atomic E-state index is 10.0. The molecule has 0 amide bonds. The molecule has 0 aromatic carbocycles. The van der Waals surface area contributed by atoms with Crippen LogP contribution in [0.25, 0.3) is 0 Å². The zero-order valence-corrected chi connectivity index (χ0v) is 7.47.